The topological polar surface area (TPSA) is 37.3 Å². The lowest BCUT2D eigenvalue weighted by Gasteiger charge is -2.04. The Morgan fingerprint density at radius 2 is 2.05 bits per heavy atom. The van der Waals surface area contributed by atoms with Crippen LogP contribution in [0, 0.1) is 0 Å². The number of aromatic hydroxyl groups is 1. The van der Waals surface area contributed by atoms with Crippen LogP contribution < -0.4 is 0 Å². The van der Waals surface area contributed by atoms with Crippen LogP contribution in [0.15, 0.2) is 42.5 Å². The Bertz CT molecular complexity index is 617. The number of phenolic OH excluding ortho intramolecular Hbond substituents is 1. The molecule has 0 fully saturated rings. The third-order valence-corrected chi connectivity index (χ3v) is 3.67. The molecule has 0 spiro atoms. The first-order valence-electron chi connectivity index (χ1n) is 6.19. The van der Waals surface area contributed by atoms with E-state index in [-0.39, 0.29) is 10.9 Å². The SMILES string of the molecule is CC(=O)SCCC=Cc1c(O)ccc2ccccc12. The van der Waals surface area contributed by atoms with Crippen molar-refractivity contribution in [3.63, 3.8) is 0 Å². The van der Waals surface area contributed by atoms with Crippen molar-refractivity contribution in [2.75, 3.05) is 5.75 Å². The number of carbonyl (C=O) groups excluding carboxylic acids is 1. The summed E-state index contributed by atoms with van der Waals surface area (Å²) in [6, 6.07) is 11.6. The number of hydrogen-bond donors (Lipinski definition) is 1. The predicted octanol–water partition coefficient (Wildman–Crippen LogP) is 4.23. The van der Waals surface area contributed by atoms with Crippen molar-refractivity contribution in [2.45, 2.75) is 13.3 Å². The number of thioether (sulfide) groups is 1. The summed E-state index contributed by atoms with van der Waals surface area (Å²) in [6.07, 6.45) is 4.74. The van der Waals surface area contributed by atoms with Crippen LogP contribution in [0.1, 0.15) is 18.9 Å². The maximum absolute atomic E-state index is 10.8. The normalized spacial score (nSPS) is 11.2. The zero-order valence-electron chi connectivity index (χ0n) is 10.8. The molecule has 0 aliphatic heterocycles. The highest BCUT2D eigenvalue weighted by Gasteiger charge is 2.02. The average Bonchev–Trinajstić information content (AvgIpc) is 2.40. The van der Waals surface area contributed by atoms with E-state index in [1.165, 1.54) is 11.8 Å². The minimum atomic E-state index is 0.140. The highest BCUT2D eigenvalue weighted by atomic mass is 32.2. The first-order valence-corrected chi connectivity index (χ1v) is 7.17. The molecule has 0 atom stereocenters. The number of hydrogen-bond acceptors (Lipinski definition) is 3. The molecule has 0 heterocycles. The second kappa shape index (κ2) is 6.43. The van der Waals surface area contributed by atoms with Gasteiger partial charge in [0, 0.05) is 18.2 Å². The highest BCUT2D eigenvalue weighted by Crippen LogP contribution is 2.28. The minimum absolute atomic E-state index is 0.140. The molecule has 0 amide bonds. The van der Waals surface area contributed by atoms with Crippen LogP contribution in [0.25, 0.3) is 16.8 Å². The van der Waals surface area contributed by atoms with E-state index >= 15 is 0 Å². The molecule has 0 radical (unpaired) electrons. The van der Waals surface area contributed by atoms with Gasteiger partial charge in [-0.05, 0) is 23.3 Å². The Kier molecular flexibility index (Phi) is 4.63. The Labute approximate surface area is 117 Å². The van der Waals surface area contributed by atoms with E-state index in [4.69, 9.17) is 0 Å². The predicted molar refractivity (Wildman–Crippen MR) is 82.4 cm³/mol. The summed E-state index contributed by atoms with van der Waals surface area (Å²) in [5.74, 6) is 1.06. The smallest absolute Gasteiger partial charge is 0.185 e. The third kappa shape index (κ3) is 3.61. The molecule has 0 aromatic heterocycles. The molecule has 98 valence electrons. The molecule has 3 heteroatoms. The van der Waals surface area contributed by atoms with Gasteiger partial charge < -0.3 is 5.11 Å². The second-order valence-electron chi connectivity index (χ2n) is 4.25. The van der Waals surface area contributed by atoms with Crippen LogP contribution in [-0.4, -0.2) is 16.0 Å². The van der Waals surface area contributed by atoms with E-state index in [1.807, 2.05) is 42.5 Å². The van der Waals surface area contributed by atoms with E-state index < -0.39 is 0 Å². The number of rotatable bonds is 4. The van der Waals surface area contributed by atoms with Gasteiger partial charge in [-0.1, -0.05) is 54.2 Å². The molecule has 0 aliphatic carbocycles. The lowest BCUT2D eigenvalue weighted by Crippen LogP contribution is -1.84. The van der Waals surface area contributed by atoms with Crippen molar-refractivity contribution in [1.29, 1.82) is 0 Å². The van der Waals surface area contributed by atoms with Gasteiger partial charge >= 0.3 is 0 Å². The summed E-state index contributed by atoms with van der Waals surface area (Å²) in [5, 5.41) is 12.2. The lowest BCUT2D eigenvalue weighted by molar-refractivity contribution is -0.109. The summed E-state index contributed by atoms with van der Waals surface area (Å²) >= 11 is 1.32. The quantitative estimate of drug-likeness (QED) is 0.846. The summed E-state index contributed by atoms with van der Waals surface area (Å²) in [7, 11) is 0. The summed E-state index contributed by atoms with van der Waals surface area (Å²) in [6.45, 7) is 1.57. The molecular formula is C16H16O2S. The maximum Gasteiger partial charge on any atom is 0.185 e. The first-order chi connectivity index (χ1) is 9.18. The number of allylic oxidation sites excluding steroid dienone is 1. The lowest BCUT2D eigenvalue weighted by atomic mass is 10.0. The maximum atomic E-state index is 10.8. The molecule has 2 aromatic carbocycles. The molecule has 2 nitrogen and oxygen atoms in total. The number of carbonyl (C=O) groups is 1. The van der Waals surface area contributed by atoms with Gasteiger partial charge in [-0.25, -0.2) is 0 Å². The number of phenols is 1. The van der Waals surface area contributed by atoms with E-state index in [0.717, 1.165) is 28.5 Å². The van der Waals surface area contributed by atoms with Crippen molar-refractivity contribution in [3.05, 3.63) is 48.0 Å². The third-order valence-electron chi connectivity index (χ3n) is 2.82. The monoisotopic (exact) mass is 272 g/mol. The van der Waals surface area contributed by atoms with E-state index in [2.05, 4.69) is 0 Å². The van der Waals surface area contributed by atoms with Gasteiger partial charge in [0.2, 0.25) is 0 Å². The van der Waals surface area contributed by atoms with Gasteiger partial charge in [0.1, 0.15) is 5.75 Å². The standard InChI is InChI=1S/C16H16O2S/c1-12(17)19-11-5-4-8-15-14-7-3-2-6-13(14)9-10-16(15)18/h2-4,6-10,18H,5,11H2,1H3. The molecular weight excluding hydrogens is 256 g/mol. The Morgan fingerprint density at radius 1 is 1.26 bits per heavy atom. The zero-order chi connectivity index (χ0) is 13.7. The summed E-state index contributed by atoms with van der Waals surface area (Å²) in [5.41, 5.74) is 0.839. The van der Waals surface area contributed by atoms with Crippen LogP contribution in [0.5, 0.6) is 5.75 Å². The molecule has 19 heavy (non-hydrogen) atoms. The van der Waals surface area contributed by atoms with Gasteiger partial charge in [-0.3, -0.25) is 4.79 Å². The molecule has 0 saturated heterocycles. The van der Waals surface area contributed by atoms with Crippen molar-refractivity contribution in [2.24, 2.45) is 0 Å². The Balaban J connectivity index is 2.17. The van der Waals surface area contributed by atoms with Gasteiger partial charge in [0.05, 0.1) is 0 Å². The Morgan fingerprint density at radius 3 is 2.84 bits per heavy atom. The minimum Gasteiger partial charge on any atom is -0.507 e. The molecule has 0 bridgehead atoms. The van der Waals surface area contributed by atoms with Gasteiger partial charge in [0.25, 0.3) is 0 Å². The van der Waals surface area contributed by atoms with Gasteiger partial charge in [-0.2, -0.15) is 0 Å². The number of benzene rings is 2. The van der Waals surface area contributed by atoms with Crippen molar-refractivity contribution < 1.29 is 9.90 Å². The van der Waals surface area contributed by atoms with Crippen LogP contribution in [0.3, 0.4) is 0 Å². The fraction of sp³-hybridized carbons (Fsp3) is 0.188. The van der Waals surface area contributed by atoms with Gasteiger partial charge in [-0.15, -0.1) is 0 Å². The fourth-order valence-electron chi connectivity index (χ4n) is 1.93. The van der Waals surface area contributed by atoms with Crippen LogP contribution in [0.4, 0.5) is 0 Å². The summed E-state index contributed by atoms with van der Waals surface area (Å²) < 4.78 is 0. The Hall–Kier alpha value is -1.74. The highest BCUT2D eigenvalue weighted by molar-refractivity contribution is 8.13. The molecule has 0 saturated carbocycles. The molecule has 0 unspecified atom stereocenters. The second-order valence-corrected chi connectivity index (χ2v) is 5.52. The zero-order valence-corrected chi connectivity index (χ0v) is 11.6. The average molecular weight is 272 g/mol. The van der Waals surface area contributed by atoms with Crippen molar-refractivity contribution >= 4 is 33.7 Å². The molecule has 0 aliphatic rings. The molecule has 2 rings (SSSR count). The summed E-state index contributed by atoms with van der Waals surface area (Å²) in [4.78, 5) is 10.8. The molecule has 2 aromatic rings. The van der Waals surface area contributed by atoms with Crippen LogP contribution in [0.2, 0.25) is 0 Å². The van der Waals surface area contributed by atoms with E-state index in [0.29, 0.717) is 0 Å². The fourth-order valence-corrected chi connectivity index (χ4v) is 2.47. The first kappa shape index (κ1) is 13.7. The molecule has 1 N–H and O–H groups in total. The van der Waals surface area contributed by atoms with Gasteiger partial charge in [0.15, 0.2) is 5.12 Å². The van der Waals surface area contributed by atoms with Crippen LogP contribution in [-0.2, 0) is 4.79 Å². The van der Waals surface area contributed by atoms with E-state index in [1.54, 1.807) is 13.0 Å². The van der Waals surface area contributed by atoms with Crippen LogP contribution >= 0.6 is 11.8 Å². The van der Waals surface area contributed by atoms with E-state index in [9.17, 15) is 9.90 Å². The number of fused-ring (bicyclic) bond motifs is 1. The van der Waals surface area contributed by atoms with Crippen molar-refractivity contribution in [1.82, 2.24) is 0 Å². The van der Waals surface area contributed by atoms with Crippen molar-refractivity contribution in [3.8, 4) is 5.75 Å². The largest absolute Gasteiger partial charge is 0.507 e.